The summed E-state index contributed by atoms with van der Waals surface area (Å²) in [5.74, 6) is -0.109. The van der Waals surface area contributed by atoms with Crippen LogP contribution in [0.3, 0.4) is 0 Å². The van der Waals surface area contributed by atoms with Crippen molar-refractivity contribution in [1.82, 2.24) is 0 Å². The third-order valence-corrected chi connectivity index (χ3v) is 3.65. The second-order valence-electron chi connectivity index (χ2n) is 5.58. The first-order chi connectivity index (χ1) is 11.4. The SMILES string of the molecule is COc1ccc(C(=O)[C@H](C)OC(=O)c2ccc(N(C)C)cc2)cc1. The van der Waals surface area contributed by atoms with Crippen LogP contribution in [0, 0.1) is 0 Å². The fraction of sp³-hybridized carbons (Fsp3) is 0.263. The van der Waals surface area contributed by atoms with Gasteiger partial charge in [-0.1, -0.05) is 0 Å². The summed E-state index contributed by atoms with van der Waals surface area (Å²) >= 11 is 0. The number of carbonyl (C=O) groups excluding carboxylic acids is 2. The molecule has 0 saturated heterocycles. The average molecular weight is 327 g/mol. The topological polar surface area (TPSA) is 55.8 Å². The summed E-state index contributed by atoms with van der Waals surface area (Å²) in [6, 6.07) is 13.7. The second kappa shape index (κ2) is 7.64. The van der Waals surface area contributed by atoms with Gasteiger partial charge in [0.15, 0.2) is 6.10 Å². The molecule has 0 radical (unpaired) electrons. The minimum atomic E-state index is -0.862. The van der Waals surface area contributed by atoms with Gasteiger partial charge in [0, 0.05) is 25.3 Å². The summed E-state index contributed by atoms with van der Waals surface area (Å²) in [4.78, 5) is 26.4. The Kier molecular flexibility index (Phi) is 5.58. The van der Waals surface area contributed by atoms with Crippen molar-refractivity contribution in [2.24, 2.45) is 0 Å². The molecule has 2 rings (SSSR count). The van der Waals surface area contributed by atoms with Crippen molar-refractivity contribution >= 4 is 17.4 Å². The summed E-state index contributed by atoms with van der Waals surface area (Å²) in [5, 5.41) is 0. The van der Waals surface area contributed by atoms with E-state index in [0.717, 1.165) is 5.69 Å². The van der Waals surface area contributed by atoms with Crippen molar-refractivity contribution in [3.05, 3.63) is 59.7 Å². The third kappa shape index (κ3) is 4.13. The van der Waals surface area contributed by atoms with Crippen LogP contribution < -0.4 is 9.64 Å². The third-order valence-electron chi connectivity index (χ3n) is 3.65. The van der Waals surface area contributed by atoms with E-state index in [9.17, 15) is 9.59 Å². The maximum atomic E-state index is 12.3. The van der Waals surface area contributed by atoms with Gasteiger partial charge in [-0.15, -0.1) is 0 Å². The van der Waals surface area contributed by atoms with E-state index in [-0.39, 0.29) is 5.78 Å². The number of ketones is 1. The van der Waals surface area contributed by atoms with Crippen LogP contribution in [-0.2, 0) is 4.74 Å². The van der Waals surface area contributed by atoms with E-state index < -0.39 is 12.1 Å². The molecule has 0 bridgehead atoms. The molecule has 126 valence electrons. The van der Waals surface area contributed by atoms with Gasteiger partial charge in [0.05, 0.1) is 12.7 Å². The largest absolute Gasteiger partial charge is 0.497 e. The highest BCUT2D eigenvalue weighted by molar-refractivity contribution is 6.01. The van der Waals surface area contributed by atoms with Crippen molar-refractivity contribution in [2.45, 2.75) is 13.0 Å². The van der Waals surface area contributed by atoms with Crippen molar-refractivity contribution in [3.8, 4) is 5.75 Å². The second-order valence-corrected chi connectivity index (χ2v) is 5.58. The lowest BCUT2D eigenvalue weighted by atomic mass is 10.1. The Morgan fingerprint density at radius 3 is 1.96 bits per heavy atom. The molecule has 0 fully saturated rings. The van der Waals surface area contributed by atoms with Crippen molar-refractivity contribution in [2.75, 3.05) is 26.1 Å². The van der Waals surface area contributed by atoms with Crippen LogP contribution in [0.5, 0.6) is 5.75 Å². The van der Waals surface area contributed by atoms with Crippen LogP contribution >= 0.6 is 0 Å². The first kappa shape index (κ1) is 17.5. The Hall–Kier alpha value is -2.82. The Morgan fingerprint density at radius 2 is 1.46 bits per heavy atom. The zero-order valence-electron chi connectivity index (χ0n) is 14.3. The molecule has 0 unspecified atom stereocenters. The predicted molar refractivity (Wildman–Crippen MR) is 93.0 cm³/mol. The molecule has 0 spiro atoms. The van der Waals surface area contributed by atoms with Gasteiger partial charge < -0.3 is 14.4 Å². The first-order valence-electron chi connectivity index (χ1n) is 7.59. The van der Waals surface area contributed by atoms with Gasteiger partial charge in [-0.25, -0.2) is 4.79 Å². The first-order valence-corrected chi connectivity index (χ1v) is 7.59. The summed E-state index contributed by atoms with van der Waals surface area (Å²) in [5.41, 5.74) is 1.86. The molecule has 2 aromatic rings. The van der Waals surface area contributed by atoms with Gasteiger partial charge in [0.2, 0.25) is 5.78 Å². The van der Waals surface area contributed by atoms with Crippen molar-refractivity contribution in [1.29, 1.82) is 0 Å². The van der Waals surface area contributed by atoms with E-state index in [1.807, 2.05) is 31.1 Å². The van der Waals surface area contributed by atoms with Crippen LogP contribution in [-0.4, -0.2) is 39.1 Å². The Bertz CT molecular complexity index is 705. The normalized spacial score (nSPS) is 11.5. The molecule has 0 aliphatic rings. The van der Waals surface area contributed by atoms with E-state index in [0.29, 0.717) is 16.9 Å². The number of benzene rings is 2. The minimum absolute atomic E-state index is 0.254. The molecular weight excluding hydrogens is 306 g/mol. The minimum Gasteiger partial charge on any atom is -0.497 e. The zero-order valence-corrected chi connectivity index (χ0v) is 14.3. The molecule has 5 heteroatoms. The van der Waals surface area contributed by atoms with Crippen molar-refractivity contribution in [3.63, 3.8) is 0 Å². The summed E-state index contributed by atoms with van der Waals surface area (Å²) in [6.45, 7) is 1.57. The van der Waals surface area contributed by atoms with E-state index in [2.05, 4.69) is 0 Å². The lowest BCUT2D eigenvalue weighted by Gasteiger charge is -2.14. The lowest BCUT2D eigenvalue weighted by Crippen LogP contribution is -2.24. The Labute approximate surface area is 141 Å². The molecule has 2 aromatic carbocycles. The average Bonchev–Trinajstić information content (AvgIpc) is 2.61. The molecule has 0 aliphatic carbocycles. The highest BCUT2D eigenvalue weighted by atomic mass is 16.5. The number of rotatable bonds is 6. The van der Waals surface area contributed by atoms with Crippen molar-refractivity contribution < 1.29 is 19.1 Å². The number of hydrogen-bond acceptors (Lipinski definition) is 5. The van der Waals surface area contributed by atoms with Crippen LogP contribution in [0.25, 0.3) is 0 Å². The highest BCUT2D eigenvalue weighted by Crippen LogP contribution is 2.16. The Balaban J connectivity index is 2.03. The molecule has 0 aromatic heterocycles. The van der Waals surface area contributed by atoms with Crippen LogP contribution in [0.2, 0.25) is 0 Å². The van der Waals surface area contributed by atoms with E-state index in [4.69, 9.17) is 9.47 Å². The van der Waals surface area contributed by atoms with Gasteiger partial charge in [0.25, 0.3) is 0 Å². The van der Waals surface area contributed by atoms with Gasteiger partial charge in [0.1, 0.15) is 5.75 Å². The summed E-state index contributed by atoms with van der Waals surface area (Å²) < 4.78 is 10.3. The Morgan fingerprint density at radius 1 is 0.917 bits per heavy atom. The fourth-order valence-corrected chi connectivity index (χ4v) is 2.17. The number of esters is 1. The molecule has 0 N–H and O–H groups in total. The zero-order chi connectivity index (χ0) is 17.7. The van der Waals surface area contributed by atoms with Crippen LogP contribution in [0.4, 0.5) is 5.69 Å². The maximum absolute atomic E-state index is 12.3. The van der Waals surface area contributed by atoms with Crippen LogP contribution in [0.1, 0.15) is 27.6 Å². The predicted octanol–water partition coefficient (Wildman–Crippen LogP) is 3.19. The molecule has 0 amide bonds. The van der Waals surface area contributed by atoms with Crippen LogP contribution in [0.15, 0.2) is 48.5 Å². The summed E-state index contributed by atoms with van der Waals surface area (Å²) in [7, 11) is 5.40. The molecule has 24 heavy (non-hydrogen) atoms. The molecule has 0 heterocycles. The summed E-state index contributed by atoms with van der Waals surface area (Å²) in [6.07, 6.45) is -0.862. The molecule has 0 aliphatic heterocycles. The smallest absolute Gasteiger partial charge is 0.338 e. The number of methoxy groups -OCH3 is 1. The van der Waals surface area contributed by atoms with Gasteiger partial charge >= 0.3 is 5.97 Å². The number of anilines is 1. The quantitative estimate of drug-likeness (QED) is 0.602. The lowest BCUT2D eigenvalue weighted by molar-refractivity contribution is 0.0319. The molecule has 0 saturated carbocycles. The number of hydrogen-bond donors (Lipinski definition) is 0. The molecular formula is C19H21NO4. The number of nitrogens with zero attached hydrogens (tertiary/aromatic N) is 1. The molecule has 5 nitrogen and oxygen atoms in total. The number of ether oxygens (including phenoxy) is 2. The van der Waals surface area contributed by atoms with E-state index in [1.165, 1.54) is 0 Å². The standard InChI is InChI=1S/C19H21NO4/c1-13(18(21)14-7-11-17(23-4)12-8-14)24-19(22)15-5-9-16(10-6-15)20(2)3/h5-13H,1-4H3/t13-/m0/s1. The van der Waals surface area contributed by atoms with Gasteiger partial charge in [-0.05, 0) is 55.5 Å². The molecule has 1 atom stereocenters. The number of Topliss-reactive ketones (excluding diaryl/α,β-unsaturated/α-hetero) is 1. The monoisotopic (exact) mass is 327 g/mol. The van der Waals surface area contributed by atoms with Gasteiger partial charge in [-0.3, -0.25) is 4.79 Å². The fourth-order valence-electron chi connectivity index (χ4n) is 2.17. The van der Waals surface area contributed by atoms with Gasteiger partial charge in [-0.2, -0.15) is 0 Å². The highest BCUT2D eigenvalue weighted by Gasteiger charge is 2.20. The number of carbonyl (C=O) groups is 2. The van der Waals surface area contributed by atoms with E-state index in [1.54, 1.807) is 50.4 Å². The van der Waals surface area contributed by atoms with E-state index >= 15 is 0 Å². The maximum Gasteiger partial charge on any atom is 0.338 e.